The van der Waals surface area contributed by atoms with Crippen LogP contribution in [0.2, 0.25) is 0 Å². The molecule has 0 atom stereocenters. The van der Waals surface area contributed by atoms with Crippen LogP contribution in [0.1, 0.15) is 19.8 Å². The Labute approximate surface area is 116 Å². The maximum atomic E-state index is 11.0. The minimum atomic E-state index is 0.0260. The molecule has 20 heavy (non-hydrogen) atoms. The van der Waals surface area contributed by atoms with E-state index < -0.39 is 0 Å². The monoisotopic (exact) mass is 274 g/mol. The number of nitrogens with one attached hydrogen (secondary N) is 1. The van der Waals surface area contributed by atoms with E-state index in [0.717, 1.165) is 25.9 Å². The minimum Gasteiger partial charge on any atom is -0.423 e. The van der Waals surface area contributed by atoms with Crippen LogP contribution in [0.4, 0.5) is 11.7 Å². The molecule has 1 saturated heterocycles. The molecule has 0 saturated carbocycles. The molecule has 106 valence electrons. The predicted octanol–water partition coefficient (Wildman–Crippen LogP) is 1.51. The molecule has 1 aliphatic rings. The molecule has 2 heterocycles. The summed E-state index contributed by atoms with van der Waals surface area (Å²) in [7, 11) is 0. The quantitative estimate of drug-likeness (QED) is 0.811. The van der Waals surface area contributed by atoms with E-state index in [1.165, 1.54) is 0 Å². The Morgan fingerprint density at radius 1 is 1.45 bits per heavy atom. The molecule has 3 N–H and O–H groups in total. The van der Waals surface area contributed by atoms with Crippen LogP contribution >= 0.6 is 0 Å². The number of fused-ring (bicyclic) bond motifs is 1. The Morgan fingerprint density at radius 2 is 2.20 bits per heavy atom. The molecule has 1 aromatic carbocycles. The van der Waals surface area contributed by atoms with Crippen LogP contribution in [0.15, 0.2) is 22.6 Å². The maximum Gasteiger partial charge on any atom is 0.298 e. The highest BCUT2D eigenvalue weighted by Crippen LogP contribution is 2.27. The molecule has 3 rings (SSSR count). The van der Waals surface area contributed by atoms with Crippen LogP contribution in [0, 0.1) is 0 Å². The summed E-state index contributed by atoms with van der Waals surface area (Å²) in [5.41, 5.74) is 7.94. The summed E-state index contributed by atoms with van der Waals surface area (Å²) in [5, 5.41) is 2.95. The molecule has 6 nitrogen and oxygen atoms in total. The summed E-state index contributed by atoms with van der Waals surface area (Å²) >= 11 is 0. The van der Waals surface area contributed by atoms with Gasteiger partial charge in [0.15, 0.2) is 5.58 Å². The average Bonchev–Trinajstić information content (AvgIpc) is 2.84. The van der Waals surface area contributed by atoms with Gasteiger partial charge in [0.25, 0.3) is 6.01 Å². The van der Waals surface area contributed by atoms with Crippen molar-refractivity contribution in [1.29, 1.82) is 0 Å². The van der Waals surface area contributed by atoms with E-state index in [2.05, 4.69) is 15.2 Å². The molecule has 1 fully saturated rings. The van der Waals surface area contributed by atoms with E-state index in [1.54, 1.807) is 6.92 Å². The second-order valence-electron chi connectivity index (χ2n) is 5.15. The normalized spacial score (nSPS) is 16.6. The molecule has 0 unspecified atom stereocenters. The topological polar surface area (TPSA) is 84.4 Å². The largest absolute Gasteiger partial charge is 0.423 e. The third kappa shape index (κ3) is 2.41. The summed E-state index contributed by atoms with van der Waals surface area (Å²) in [5.74, 6) is 0.0260. The van der Waals surface area contributed by atoms with Crippen molar-refractivity contribution < 1.29 is 9.21 Å². The molecule has 1 aromatic heterocycles. The molecular formula is C14H18N4O2. The standard InChI is InChI=1S/C14H18N4O2/c1-9(19)16-10-5-7-18(8-6-10)14-17-13-11(15)3-2-4-12(13)20-14/h2-4,10H,5-8,15H2,1H3,(H,16,19). The third-order valence-electron chi connectivity index (χ3n) is 3.61. The zero-order valence-corrected chi connectivity index (χ0v) is 11.4. The molecule has 0 spiro atoms. The number of hydrogen-bond donors (Lipinski definition) is 2. The summed E-state index contributed by atoms with van der Waals surface area (Å²) in [6.45, 7) is 3.19. The Kier molecular flexibility index (Phi) is 3.22. The Morgan fingerprint density at radius 3 is 2.85 bits per heavy atom. The van der Waals surface area contributed by atoms with Gasteiger partial charge in [-0.05, 0) is 25.0 Å². The minimum absolute atomic E-state index is 0.0260. The number of nitrogens with zero attached hydrogens (tertiary/aromatic N) is 2. The fraction of sp³-hybridized carbons (Fsp3) is 0.429. The zero-order chi connectivity index (χ0) is 14.1. The molecule has 1 aliphatic heterocycles. The van der Waals surface area contributed by atoms with Gasteiger partial charge >= 0.3 is 0 Å². The first-order valence-corrected chi connectivity index (χ1v) is 6.80. The molecule has 2 aromatic rings. The SMILES string of the molecule is CC(=O)NC1CCN(c2nc3c(N)cccc3o2)CC1. The lowest BCUT2D eigenvalue weighted by Crippen LogP contribution is -2.44. The highest BCUT2D eigenvalue weighted by atomic mass is 16.4. The number of nitrogen functional groups attached to an aromatic ring is 1. The van der Waals surface area contributed by atoms with Crippen molar-refractivity contribution >= 4 is 28.7 Å². The van der Waals surface area contributed by atoms with Crippen molar-refractivity contribution in [2.24, 2.45) is 0 Å². The molecule has 0 bridgehead atoms. The first kappa shape index (κ1) is 12.8. The second-order valence-corrected chi connectivity index (χ2v) is 5.15. The number of anilines is 2. The molecular weight excluding hydrogens is 256 g/mol. The van der Waals surface area contributed by atoms with Gasteiger partial charge in [-0.25, -0.2) is 0 Å². The zero-order valence-electron chi connectivity index (χ0n) is 11.4. The van der Waals surface area contributed by atoms with Crippen molar-refractivity contribution in [2.75, 3.05) is 23.7 Å². The number of carbonyl (C=O) groups is 1. The number of carbonyl (C=O) groups excluding carboxylic acids is 1. The molecule has 6 heteroatoms. The van der Waals surface area contributed by atoms with Crippen LogP contribution in [0.25, 0.3) is 11.1 Å². The summed E-state index contributed by atoms with van der Waals surface area (Å²) in [6, 6.07) is 6.40. The number of nitrogens with two attached hydrogens (primary N) is 1. The number of piperidine rings is 1. The van der Waals surface area contributed by atoms with Crippen LogP contribution in [0.5, 0.6) is 0 Å². The second kappa shape index (κ2) is 5.03. The van der Waals surface area contributed by atoms with Gasteiger partial charge in [-0.1, -0.05) is 6.07 Å². The maximum absolute atomic E-state index is 11.0. The van der Waals surface area contributed by atoms with Gasteiger partial charge in [-0.15, -0.1) is 0 Å². The molecule has 0 radical (unpaired) electrons. The van der Waals surface area contributed by atoms with Crippen LogP contribution < -0.4 is 16.0 Å². The van der Waals surface area contributed by atoms with Gasteiger partial charge in [-0.2, -0.15) is 4.98 Å². The highest BCUT2D eigenvalue weighted by Gasteiger charge is 2.23. The summed E-state index contributed by atoms with van der Waals surface area (Å²) in [6.07, 6.45) is 1.79. The molecule has 0 aliphatic carbocycles. The number of rotatable bonds is 2. The third-order valence-corrected chi connectivity index (χ3v) is 3.61. The number of hydrogen-bond acceptors (Lipinski definition) is 5. The first-order chi connectivity index (χ1) is 9.63. The lowest BCUT2D eigenvalue weighted by Gasteiger charge is -2.30. The Bertz CT molecular complexity index is 629. The van der Waals surface area contributed by atoms with Gasteiger partial charge in [0.05, 0.1) is 5.69 Å². The van der Waals surface area contributed by atoms with E-state index in [9.17, 15) is 4.79 Å². The number of aromatic nitrogens is 1. The van der Waals surface area contributed by atoms with Crippen molar-refractivity contribution in [3.05, 3.63) is 18.2 Å². The Balaban J connectivity index is 1.73. The van der Waals surface area contributed by atoms with Gasteiger partial charge in [0.2, 0.25) is 5.91 Å². The fourth-order valence-corrected chi connectivity index (χ4v) is 2.60. The smallest absolute Gasteiger partial charge is 0.298 e. The van der Waals surface area contributed by atoms with E-state index in [-0.39, 0.29) is 11.9 Å². The van der Waals surface area contributed by atoms with Gasteiger partial charge < -0.3 is 20.4 Å². The van der Waals surface area contributed by atoms with Gasteiger partial charge in [0.1, 0.15) is 5.52 Å². The van der Waals surface area contributed by atoms with Gasteiger partial charge in [-0.3, -0.25) is 4.79 Å². The number of benzene rings is 1. The van der Waals surface area contributed by atoms with Crippen molar-refractivity contribution in [1.82, 2.24) is 10.3 Å². The molecule has 1 amide bonds. The average molecular weight is 274 g/mol. The first-order valence-electron chi connectivity index (χ1n) is 6.80. The van der Waals surface area contributed by atoms with Crippen LogP contribution in [0.3, 0.4) is 0 Å². The van der Waals surface area contributed by atoms with Crippen molar-refractivity contribution in [3.8, 4) is 0 Å². The number of para-hydroxylation sites is 1. The fourth-order valence-electron chi connectivity index (χ4n) is 2.60. The lowest BCUT2D eigenvalue weighted by atomic mass is 10.1. The van der Waals surface area contributed by atoms with E-state index in [1.807, 2.05) is 18.2 Å². The van der Waals surface area contributed by atoms with Crippen LogP contribution in [-0.4, -0.2) is 30.0 Å². The van der Waals surface area contributed by atoms with E-state index in [4.69, 9.17) is 10.2 Å². The summed E-state index contributed by atoms with van der Waals surface area (Å²) < 4.78 is 5.75. The Hall–Kier alpha value is -2.24. The lowest BCUT2D eigenvalue weighted by molar-refractivity contribution is -0.119. The number of amides is 1. The van der Waals surface area contributed by atoms with E-state index in [0.29, 0.717) is 22.8 Å². The van der Waals surface area contributed by atoms with E-state index >= 15 is 0 Å². The van der Waals surface area contributed by atoms with Crippen LogP contribution in [-0.2, 0) is 4.79 Å². The van der Waals surface area contributed by atoms with Crippen molar-refractivity contribution in [2.45, 2.75) is 25.8 Å². The predicted molar refractivity (Wildman–Crippen MR) is 77.5 cm³/mol. The number of oxazole rings is 1. The van der Waals surface area contributed by atoms with Gasteiger partial charge in [0, 0.05) is 26.1 Å². The summed E-state index contributed by atoms with van der Waals surface area (Å²) in [4.78, 5) is 17.6. The van der Waals surface area contributed by atoms with Crippen molar-refractivity contribution in [3.63, 3.8) is 0 Å². The highest BCUT2D eigenvalue weighted by molar-refractivity contribution is 5.86.